The zero-order chi connectivity index (χ0) is 18.4. The van der Waals surface area contributed by atoms with Gasteiger partial charge in [0.1, 0.15) is 0 Å². The number of hydrogen-bond acceptors (Lipinski definition) is 3. The van der Waals surface area contributed by atoms with Gasteiger partial charge in [0.05, 0.1) is 11.3 Å². The molecule has 0 spiro atoms. The number of anilines is 1. The molecule has 144 valence electrons. The van der Waals surface area contributed by atoms with Gasteiger partial charge in [0.15, 0.2) is 0 Å². The first-order chi connectivity index (χ1) is 12.6. The van der Waals surface area contributed by atoms with Gasteiger partial charge >= 0.3 is 0 Å². The molecule has 1 saturated heterocycles. The van der Waals surface area contributed by atoms with E-state index in [-0.39, 0.29) is 30.3 Å². The van der Waals surface area contributed by atoms with Gasteiger partial charge in [-0.05, 0) is 44.0 Å². The third-order valence-electron chi connectivity index (χ3n) is 4.61. The topological polar surface area (TPSA) is 70.2 Å². The maximum Gasteiger partial charge on any atom is 0.253 e. The van der Waals surface area contributed by atoms with Crippen LogP contribution in [0.25, 0.3) is 0 Å². The quantitative estimate of drug-likeness (QED) is 0.711. The van der Waals surface area contributed by atoms with E-state index >= 15 is 0 Å². The third-order valence-corrected chi connectivity index (χ3v) is 4.61. The summed E-state index contributed by atoms with van der Waals surface area (Å²) in [4.78, 5) is 24.8. The van der Waals surface area contributed by atoms with Crippen molar-refractivity contribution in [2.45, 2.75) is 38.8 Å². The molecule has 2 amide bonds. The summed E-state index contributed by atoms with van der Waals surface area (Å²) in [6.45, 7) is 3.45. The fourth-order valence-corrected chi connectivity index (χ4v) is 3.13. The van der Waals surface area contributed by atoms with Gasteiger partial charge in [-0.2, -0.15) is 0 Å². The van der Waals surface area contributed by atoms with Crippen LogP contribution in [0.1, 0.15) is 40.7 Å². The molecule has 2 aromatic carbocycles. The Bertz CT molecular complexity index is 771. The highest BCUT2D eigenvalue weighted by Gasteiger charge is 2.19. The first-order valence-electron chi connectivity index (χ1n) is 9.08. The van der Waals surface area contributed by atoms with Crippen molar-refractivity contribution in [3.05, 3.63) is 65.2 Å². The van der Waals surface area contributed by atoms with Crippen molar-refractivity contribution < 1.29 is 9.59 Å². The second-order valence-electron chi connectivity index (χ2n) is 6.76. The van der Waals surface area contributed by atoms with E-state index in [1.165, 1.54) is 5.56 Å². The van der Waals surface area contributed by atoms with Crippen molar-refractivity contribution in [1.29, 1.82) is 0 Å². The van der Waals surface area contributed by atoms with E-state index in [1.54, 1.807) is 18.2 Å². The van der Waals surface area contributed by atoms with E-state index in [2.05, 4.69) is 16.0 Å². The Morgan fingerprint density at radius 1 is 1.11 bits per heavy atom. The van der Waals surface area contributed by atoms with Gasteiger partial charge in [0.25, 0.3) is 5.91 Å². The minimum absolute atomic E-state index is 0. The van der Waals surface area contributed by atoms with E-state index in [4.69, 9.17) is 0 Å². The predicted molar refractivity (Wildman–Crippen MR) is 110 cm³/mol. The molecule has 3 N–H and O–H groups in total. The summed E-state index contributed by atoms with van der Waals surface area (Å²) in [7, 11) is 0. The summed E-state index contributed by atoms with van der Waals surface area (Å²) in [6, 6.07) is 15.4. The minimum atomic E-state index is -0.194. The fraction of sp³-hybridized carbons (Fsp3) is 0.333. The van der Waals surface area contributed by atoms with Crippen LogP contribution >= 0.6 is 12.4 Å². The van der Waals surface area contributed by atoms with Crippen molar-refractivity contribution in [3.8, 4) is 0 Å². The second kappa shape index (κ2) is 10.1. The van der Waals surface area contributed by atoms with Gasteiger partial charge in [-0.3, -0.25) is 9.59 Å². The number of aryl methyl sites for hydroxylation is 1. The number of para-hydroxylation sites is 1. The average Bonchev–Trinajstić information content (AvgIpc) is 3.14. The van der Waals surface area contributed by atoms with Gasteiger partial charge < -0.3 is 16.0 Å². The Morgan fingerprint density at radius 3 is 2.56 bits per heavy atom. The highest BCUT2D eigenvalue weighted by Crippen LogP contribution is 2.17. The van der Waals surface area contributed by atoms with Crippen LogP contribution in [0.5, 0.6) is 0 Å². The maximum atomic E-state index is 12.6. The highest BCUT2D eigenvalue weighted by atomic mass is 35.5. The van der Waals surface area contributed by atoms with Gasteiger partial charge in [-0.1, -0.05) is 42.0 Å². The normalized spacial score (nSPS) is 15.7. The lowest BCUT2D eigenvalue weighted by molar-refractivity contribution is -0.116. The molecule has 1 fully saturated rings. The molecule has 5 nitrogen and oxygen atoms in total. The first-order valence-corrected chi connectivity index (χ1v) is 9.08. The van der Waals surface area contributed by atoms with Crippen LogP contribution in [-0.4, -0.2) is 24.4 Å². The lowest BCUT2D eigenvalue weighted by atomic mass is 10.1. The van der Waals surface area contributed by atoms with E-state index in [1.807, 2.05) is 37.3 Å². The Labute approximate surface area is 166 Å². The van der Waals surface area contributed by atoms with Crippen LogP contribution < -0.4 is 16.0 Å². The molecule has 1 atom stereocenters. The highest BCUT2D eigenvalue weighted by molar-refractivity contribution is 6.03. The summed E-state index contributed by atoms with van der Waals surface area (Å²) in [5.74, 6) is -0.261. The van der Waals surface area contributed by atoms with Gasteiger partial charge in [-0.25, -0.2) is 0 Å². The van der Waals surface area contributed by atoms with Gasteiger partial charge in [0.2, 0.25) is 5.91 Å². The molecule has 27 heavy (non-hydrogen) atoms. The molecule has 0 saturated carbocycles. The summed E-state index contributed by atoms with van der Waals surface area (Å²) in [6.07, 6.45) is 2.56. The molecular weight excluding hydrogens is 362 g/mol. The molecule has 1 aliphatic rings. The molecule has 3 rings (SSSR count). The molecule has 1 heterocycles. The Morgan fingerprint density at radius 2 is 1.85 bits per heavy atom. The van der Waals surface area contributed by atoms with Crippen LogP contribution in [0.2, 0.25) is 0 Å². The second-order valence-corrected chi connectivity index (χ2v) is 6.76. The smallest absolute Gasteiger partial charge is 0.253 e. The largest absolute Gasteiger partial charge is 0.348 e. The van der Waals surface area contributed by atoms with E-state index < -0.39 is 0 Å². The van der Waals surface area contributed by atoms with Crippen molar-refractivity contribution >= 4 is 29.9 Å². The Kier molecular flexibility index (Phi) is 7.82. The van der Waals surface area contributed by atoms with Crippen molar-refractivity contribution in [3.63, 3.8) is 0 Å². The van der Waals surface area contributed by atoms with Crippen molar-refractivity contribution in [2.24, 2.45) is 0 Å². The lowest BCUT2D eigenvalue weighted by Crippen LogP contribution is -2.29. The Hall–Kier alpha value is -2.37. The number of rotatable bonds is 6. The molecule has 0 radical (unpaired) electrons. The SMILES string of the molecule is Cc1ccc(CNC(=O)c2ccccc2NC(=O)CC2CCCN2)cc1.Cl. The standard InChI is InChI=1S/C21H25N3O2.ClH/c1-15-8-10-16(11-9-15)14-23-21(26)18-6-2-3-7-19(18)24-20(25)13-17-5-4-12-22-17;/h2-3,6-11,17,22H,4-5,12-14H2,1H3,(H,23,26)(H,24,25);1H. The number of benzene rings is 2. The summed E-state index contributed by atoms with van der Waals surface area (Å²) >= 11 is 0. The minimum Gasteiger partial charge on any atom is -0.348 e. The molecule has 2 aromatic rings. The van der Waals surface area contributed by atoms with Crippen molar-refractivity contribution in [2.75, 3.05) is 11.9 Å². The molecule has 0 bridgehead atoms. The number of carbonyl (C=O) groups is 2. The molecule has 0 aliphatic carbocycles. The number of amides is 2. The molecule has 0 aromatic heterocycles. The van der Waals surface area contributed by atoms with Crippen LogP contribution in [0.15, 0.2) is 48.5 Å². The molecule has 6 heteroatoms. The van der Waals surface area contributed by atoms with Crippen molar-refractivity contribution in [1.82, 2.24) is 10.6 Å². The number of nitrogens with one attached hydrogen (secondary N) is 3. The average molecular weight is 388 g/mol. The lowest BCUT2D eigenvalue weighted by Gasteiger charge is -2.13. The predicted octanol–water partition coefficient (Wildman–Crippen LogP) is 3.43. The van der Waals surface area contributed by atoms with Crippen LogP contribution in [0, 0.1) is 6.92 Å². The third kappa shape index (κ3) is 6.08. The van der Waals surface area contributed by atoms with Crippen LogP contribution in [0.3, 0.4) is 0 Å². The summed E-state index contributed by atoms with van der Waals surface area (Å²) in [5, 5.41) is 9.12. The van der Waals surface area contributed by atoms with E-state index in [0.29, 0.717) is 24.2 Å². The van der Waals surface area contributed by atoms with Gasteiger partial charge in [0, 0.05) is 19.0 Å². The monoisotopic (exact) mass is 387 g/mol. The number of carbonyl (C=O) groups excluding carboxylic acids is 2. The van der Waals surface area contributed by atoms with Crippen LogP contribution in [-0.2, 0) is 11.3 Å². The number of halogens is 1. The molecule has 1 aliphatic heterocycles. The zero-order valence-electron chi connectivity index (χ0n) is 15.5. The van der Waals surface area contributed by atoms with Gasteiger partial charge in [-0.15, -0.1) is 12.4 Å². The molecule has 1 unspecified atom stereocenters. The Balaban J connectivity index is 0.00000261. The first kappa shape index (κ1) is 20.9. The maximum absolute atomic E-state index is 12.6. The number of hydrogen-bond donors (Lipinski definition) is 3. The van der Waals surface area contributed by atoms with Crippen LogP contribution in [0.4, 0.5) is 5.69 Å². The van der Waals surface area contributed by atoms with E-state index in [9.17, 15) is 9.59 Å². The summed E-state index contributed by atoms with van der Waals surface area (Å²) < 4.78 is 0. The fourth-order valence-electron chi connectivity index (χ4n) is 3.13. The summed E-state index contributed by atoms with van der Waals surface area (Å²) in [5.41, 5.74) is 3.26. The zero-order valence-corrected chi connectivity index (χ0v) is 16.3. The molecular formula is C21H26ClN3O2. The van der Waals surface area contributed by atoms with E-state index in [0.717, 1.165) is 24.9 Å².